The number of hydrogen-bond acceptors (Lipinski definition) is 5. The summed E-state index contributed by atoms with van der Waals surface area (Å²) in [7, 11) is 0. The fraction of sp³-hybridized carbons (Fsp3) is 0.409. The van der Waals surface area contributed by atoms with Crippen LogP contribution in [-0.2, 0) is 9.53 Å². The monoisotopic (exact) mass is 399 g/mol. The highest BCUT2D eigenvalue weighted by Crippen LogP contribution is 2.26. The van der Waals surface area contributed by atoms with Crippen LogP contribution in [0.1, 0.15) is 54.1 Å². The fourth-order valence-electron chi connectivity index (χ4n) is 3.33. The molecule has 1 atom stereocenters. The maximum absolute atomic E-state index is 13.8. The van der Waals surface area contributed by atoms with E-state index in [2.05, 4.69) is 15.6 Å². The van der Waals surface area contributed by atoms with Gasteiger partial charge in [-0.3, -0.25) is 9.59 Å². The van der Waals surface area contributed by atoms with Gasteiger partial charge in [0, 0.05) is 24.0 Å². The second kappa shape index (κ2) is 9.03. The van der Waals surface area contributed by atoms with Crippen LogP contribution in [0.3, 0.4) is 0 Å². The Bertz CT molecular complexity index is 914. The molecule has 1 fully saturated rings. The topological polar surface area (TPSA) is 80.3 Å². The van der Waals surface area contributed by atoms with E-state index in [4.69, 9.17) is 4.74 Å². The van der Waals surface area contributed by atoms with Crippen LogP contribution in [0.4, 0.5) is 15.9 Å². The molecule has 0 bridgehead atoms. The molecular formula is C22H26FN3O3. The quantitative estimate of drug-likeness (QED) is 0.716. The van der Waals surface area contributed by atoms with Gasteiger partial charge in [0.05, 0.1) is 18.6 Å². The lowest BCUT2D eigenvalue weighted by Gasteiger charge is -2.22. The molecule has 2 aromatic rings. The van der Waals surface area contributed by atoms with Crippen LogP contribution in [0.5, 0.6) is 0 Å². The van der Waals surface area contributed by atoms with Crippen LogP contribution in [0.25, 0.3) is 0 Å². The number of amides is 1. The van der Waals surface area contributed by atoms with Gasteiger partial charge in [-0.2, -0.15) is 0 Å². The van der Waals surface area contributed by atoms with Crippen LogP contribution in [0.15, 0.2) is 30.5 Å². The molecule has 0 aliphatic carbocycles. The highest BCUT2D eigenvalue weighted by atomic mass is 19.1. The Labute approximate surface area is 169 Å². The van der Waals surface area contributed by atoms with Crippen molar-refractivity contribution in [1.29, 1.82) is 0 Å². The summed E-state index contributed by atoms with van der Waals surface area (Å²) in [6, 6.07) is 6.65. The van der Waals surface area contributed by atoms with E-state index < -0.39 is 0 Å². The molecule has 6 nitrogen and oxygen atoms in total. The van der Waals surface area contributed by atoms with Crippen LogP contribution < -0.4 is 10.6 Å². The predicted molar refractivity (Wildman–Crippen MR) is 109 cm³/mol. The Morgan fingerprint density at radius 2 is 2.17 bits per heavy atom. The Balaban J connectivity index is 1.74. The first-order valence-corrected chi connectivity index (χ1v) is 9.81. The average molecular weight is 399 g/mol. The number of esters is 1. The first-order chi connectivity index (χ1) is 13.8. The molecular weight excluding hydrogens is 373 g/mol. The second-order valence-corrected chi connectivity index (χ2v) is 7.64. The number of carbonyl (C=O) groups is 2. The third-order valence-electron chi connectivity index (χ3n) is 5.13. The highest BCUT2D eigenvalue weighted by Gasteiger charge is 2.22. The molecule has 0 spiro atoms. The number of benzene rings is 1. The highest BCUT2D eigenvalue weighted by molar-refractivity contribution is 5.96. The molecule has 3 rings (SSSR count). The number of rotatable bonds is 6. The number of hydrogen-bond donors (Lipinski definition) is 2. The van der Waals surface area contributed by atoms with Gasteiger partial charge in [-0.25, -0.2) is 9.37 Å². The number of nitrogens with zero attached hydrogens (tertiary/aromatic N) is 1. The van der Waals surface area contributed by atoms with Crippen LogP contribution >= 0.6 is 0 Å². The van der Waals surface area contributed by atoms with E-state index in [9.17, 15) is 14.0 Å². The van der Waals surface area contributed by atoms with Crippen molar-refractivity contribution in [3.8, 4) is 0 Å². The maximum atomic E-state index is 13.8. The minimum Gasteiger partial charge on any atom is -0.466 e. The van der Waals surface area contributed by atoms with Crippen molar-refractivity contribution in [3.05, 3.63) is 53.0 Å². The summed E-state index contributed by atoms with van der Waals surface area (Å²) in [5.74, 6) is 0.0116. The predicted octanol–water partition coefficient (Wildman–Crippen LogP) is 4.08. The third kappa shape index (κ3) is 5.10. The SMILES string of the molecule is Cc1c(F)cccc1Nc1cc(C(C)C)c(C(=O)NCC2CCOC(=O)C2)cn1. The minimum atomic E-state index is -0.290. The molecule has 7 heteroatoms. The fourth-order valence-corrected chi connectivity index (χ4v) is 3.33. The van der Waals surface area contributed by atoms with E-state index in [0.29, 0.717) is 42.2 Å². The molecule has 1 amide bonds. The molecule has 1 unspecified atom stereocenters. The number of ether oxygens (including phenoxy) is 1. The summed E-state index contributed by atoms with van der Waals surface area (Å²) in [6.07, 6.45) is 2.61. The van der Waals surface area contributed by atoms with Crippen molar-refractivity contribution in [1.82, 2.24) is 10.3 Å². The summed E-state index contributed by atoms with van der Waals surface area (Å²) >= 11 is 0. The van der Waals surface area contributed by atoms with Crippen molar-refractivity contribution in [2.45, 2.75) is 39.5 Å². The van der Waals surface area contributed by atoms with Gasteiger partial charge < -0.3 is 15.4 Å². The minimum absolute atomic E-state index is 0.0903. The Kier molecular flexibility index (Phi) is 6.46. The summed E-state index contributed by atoms with van der Waals surface area (Å²) in [5.41, 5.74) is 2.49. The largest absolute Gasteiger partial charge is 0.466 e. The zero-order chi connectivity index (χ0) is 21.0. The number of halogens is 1. The van der Waals surface area contributed by atoms with Crippen LogP contribution in [0.2, 0.25) is 0 Å². The molecule has 1 aliphatic rings. The van der Waals surface area contributed by atoms with Gasteiger partial charge in [0.25, 0.3) is 5.91 Å². The zero-order valence-electron chi connectivity index (χ0n) is 16.9. The van der Waals surface area contributed by atoms with E-state index in [1.54, 1.807) is 19.1 Å². The van der Waals surface area contributed by atoms with Gasteiger partial charge in [-0.05, 0) is 48.9 Å². The number of carbonyl (C=O) groups excluding carboxylic acids is 2. The summed E-state index contributed by atoms with van der Waals surface area (Å²) in [5, 5.41) is 6.04. The van der Waals surface area contributed by atoms with Crippen molar-refractivity contribution in [3.63, 3.8) is 0 Å². The van der Waals surface area contributed by atoms with E-state index in [1.807, 2.05) is 19.9 Å². The van der Waals surface area contributed by atoms with Crippen LogP contribution in [0, 0.1) is 18.7 Å². The average Bonchev–Trinajstić information content (AvgIpc) is 2.69. The molecule has 2 heterocycles. The number of nitrogens with one attached hydrogen (secondary N) is 2. The Morgan fingerprint density at radius 1 is 1.38 bits per heavy atom. The van der Waals surface area contributed by atoms with Gasteiger partial charge in [-0.15, -0.1) is 0 Å². The molecule has 1 aromatic carbocycles. The molecule has 1 aliphatic heterocycles. The Hall–Kier alpha value is -2.96. The number of aromatic nitrogens is 1. The maximum Gasteiger partial charge on any atom is 0.306 e. The zero-order valence-corrected chi connectivity index (χ0v) is 16.9. The molecule has 2 N–H and O–H groups in total. The lowest BCUT2D eigenvalue weighted by Crippen LogP contribution is -2.34. The number of anilines is 2. The molecule has 0 radical (unpaired) electrons. The van der Waals surface area contributed by atoms with Gasteiger partial charge in [-0.1, -0.05) is 19.9 Å². The van der Waals surface area contributed by atoms with Gasteiger partial charge >= 0.3 is 5.97 Å². The second-order valence-electron chi connectivity index (χ2n) is 7.64. The van der Waals surface area contributed by atoms with E-state index in [1.165, 1.54) is 12.3 Å². The van der Waals surface area contributed by atoms with Gasteiger partial charge in [0.15, 0.2) is 0 Å². The van der Waals surface area contributed by atoms with Gasteiger partial charge in [0.2, 0.25) is 0 Å². The Morgan fingerprint density at radius 3 is 2.90 bits per heavy atom. The van der Waals surface area contributed by atoms with Crippen molar-refractivity contribution in [2.75, 3.05) is 18.5 Å². The smallest absolute Gasteiger partial charge is 0.306 e. The number of cyclic esters (lactones) is 1. The number of pyridine rings is 1. The van der Waals surface area contributed by atoms with Gasteiger partial charge in [0.1, 0.15) is 11.6 Å². The first-order valence-electron chi connectivity index (χ1n) is 9.81. The summed E-state index contributed by atoms with van der Waals surface area (Å²) in [6.45, 7) is 6.52. The van der Waals surface area contributed by atoms with Crippen molar-refractivity contribution in [2.24, 2.45) is 5.92 Å². The molecule has 1 saturated heterocycles. The third-order valence-corrected chi connectivity index (χ3v) is 5.13. The van der Waals surface area contributed by atoms with E-state index >= 15 is 0 Å². The molecule has 29 heavy (non-hydrogen) atoms. The molecule has 154 valence electrons. The van der Waals surface area contributed by atoms with Crippen molar-refractivity contribution >= 4 is 23.4 Å². The van der Waals surface area contributed by atoms with Crippen molar-refractivity contribution < 1.29 is 18.7 Å². The summed E-state index contributed by atoms with van der Waals surface area (Å²) < 4.78 is 18.7. The molecule has 1 aromatic heterocycles. The molecule has 0 saturated carbocycles. The lowest BCUT2D eigenvalue weighted by atomic mass is 9.97. The first kappa shape index (κ1) is 20.8. The standard InChI is InChI=1S/C22H26FN3O3/c1-13(2)16-10-20(26-19-6-4-5-18(23)14(19)3)24-12-17(16)22(28)25-11-15-7-8-29-21(27)9-15/h4-6,10,12-13,15H,7-9,11H2,1-3H3,(H,24,26)(H,25,28). The van der Waals surface area contributed by atoms with Crippen LogP contribution in [-0.4, -0.2) is 30.0 Å². The lowest BCUT2D eigenvalue weighted by molar-refractivity contribution is -0.149. The van der Waals surface area contributed by atoms with E-state index in [-0.39, 0.29) is 29.5 Å². The van der Waals surface area contributed by atoms with E-state index in [0.717, 1.165) is 12.0 Å². The normalized spacial score (nSPS) is 16.4. The summed E-state index contributed by atoms with van der Waals surface area (Å²) in [4.78, 5) is 28.5.